The van der Waals surface area contributed by atoms with Crippen molar-refractivity contribution in [3.05, 3.63) is 53.6 Å². The first-order valence-corrected chi connectivity index (χ1v) is 10.0. The van der Waals surface area contributed by atoms with E-state index in [1.165, 1.54) is 0 Å². The van der Waals surface area contributed by atoms with Crippen molar-refractivity contribution < 1.29 is 9.53 Å². The van der Waals surface area contributed by atoms with Gasteiger partial charge in [-0.2, -0.15) is 0 Å². The predicted molar refractivity (Wildman–Crippen MR) is 117 cm³/mol. The number of nitrogens with one attached hydrogen (secondary N) is 1. The third-order valence-corrected chi connectivity index (χ3v) is 5.34. The number of likely N-dealkylation sites (tertiary alicyclic amines) is 1. The fourth-order valence-corrected chi connectivity index (χ4v) is 3.63. The summed E-state index contributed by atoms with van der Waals surface area (Å²) in [5.74, 6) is 1.24. The fraction of sp³-hybridized carbons (Fsp3) is 0.409. The lowest BCUT2D eigenvalue weighted by Crippen LogP contribution is -2.42. The van der Waals surface area contributed by atoms with Crippen molar-refractivity contribution in [2.75, 3.05) is 32.8 Å². The first-order valence-electron chi connectivity index (χ1n) is 9.63. The Kier molecular flexibility index (Phi) is 9.10. The minimum absolute atomic E-state index is 0. The van der Waals surface area contributed by atoms with Gasteiger partial charge < -0.3 is 15.0 Å². The molecule has 1 aliphatic rings. The molecule has 0 aliphatic carbocycles. The fourth-order valence-electron chi connectivity index (χ4n) is 3.39. The van der Waals surface area contributed by atoms with E-state index < -0.39 is 0 Å². The minimum Gasteiger partial charge on any atom is -0.482 e. The molecule has 152 valence electrons. The molecule has 1 fully saturated rings. The van der Waals surface area contributed by atoms with Crippen molar-refractivity contribution in [1.82, 2.24) is 10.2 Å². The highest BCUT2D eigenvalue weighted by Crippen LogP contribution is 2.30. The van der Waals surface area contributed by atoms with Crippen LogP contribution in [0.3, 0.4) is 0 Å². The Morgan fingerprint density at radius 2 is 1.86 bits per heavy atom. The van der Waals surface area contributed by atoms with E-state index in [2.05, 4.69) is 12.2 Å². The lowest BCUT2D eigenvalue weighted by molar-refractivity contribution is -0.134. The molecule has 0 radical (unpaired) electrons. The molecule has 2 aromatic rings. The smallest absolute Gasteiger partial charge is 0.260 e. The summed E-state index contributed by atoms with van der Waals surface area (Å²) in [6, 6.07) is 15.7. The summed E-state index contributed by atoms with van der Waals surface area (Å²) in [5, 5.41) is 3.91. The molecule has 2 aromatic carbocycles. The van der Waals surface area contributed by atoms with Crippen molar-refractivity contribution in [2.24, 2.45) is 5.92 Å². The molecule has 3 rings (SSSR count). The molecule has 1 aliphatic heterocycles. The second kappa shape index (κ2) is 11.3. The number of piperidine rings is 1. The van der Waals surface area contributed by atoms with E-state index in [4.69, 9.17) is 16.3 Å². The molecule has 0 aromatic heterocycles. The maximum atomic E-state index is 12.4. The number of carbonyl (C=O) groups excluding carboxylic acids is 1. The number of ether oxygens (including phenoxy) is 1. The lowest BCUT2D eigenvalue weighted by atomic mass is 9.97. The summed E-state index contributed by atoms with van der Waals surface area (Å²) in [6.07, 6.45) is 2.09. The Morgan fingerprint density at radius 1 is 1.14 bits per heavy atom. The van der Waals surface area contributed by atoms with E-state index >= 15 is 0 Å². The van der Waals surface area contributed by atoms with Crippen LogP contribution < -0.4 is 10.1 Å². The van der Waals surface area contributed by atoms with Crippen LogP contribution >= 0.6 is 24.0 Å². The van der Waals surface area contributed by atoms with E-state index in [1.54, 1.807) is 0 Å². The number of nitrogens with zero attached hydrogens (tertiary/aromatic N) is 1. The molecule has 0 atom stereocenters. The summed E-state index contributed by atoms with van der Waals surface area (Å²) in [7, 11) is 0. The maximum absolute atomic E-state index is 12.4. The van der Waals surface area contributed by atoms with E-state index in [9.17, 15) is 4.79 Å². The molecule has 28 heavy (non-hydrogen) atoms. The third-order valence-electron chi connectivity index (χ3n) is 5.04. The highest BCUT2D eigenvalue weighted by molar-refractivity contribution is 6.32. The van der Waals surface area contributed by atoms with Crippen LogP contribution in [0.1, 0.15) is 19.8 Å². The predicted octanol–water partition coefficient (Wildman–Crippen LogP) is 4.66. The van der Waals surface area contributed by atoms with E-state index in [0.717, 1.165) is 50.1 Å². The number of benzene rings is 2. The minimum atomic E-state index is 0. The molecule has 4 nitrogen and oxygen atoms in total. The Morgan fingerprint density at radius 3 is 2.50 bits per heavy atom. The van der Waals surface area contributed by atoms with Crippen molar-refractivity contribution in [2.45, 2.75) is 19.8 Å². The second-order valence-corrected chi connectivity index (χ2v) is 7.34. The van der Waals surface area contributed by atoms with Crippen molar-refractivity contribution in [3.8, 4) is 16.9 Å². The number of halogens is 2. The Balaban J connectivity index is 0.00000280. The highest BCUT2D eigenvalue weighted by atomic mass is 35.5. The summed E-state index contributed by atoms with van der Waals surface area (Å²) in [4.78, 5) is 14.3. The summed E-state index contributed by atoms with van der Waals surface area (Å²) < 4.78 is 5.70. The van der Waals surface area contributed by atoms with Gasteiger partial charge in [-0.1, -0.05) is 54.9 Å². The monoisotopic (exact) mass is 422 g/mol. The topological polar surface area (TPSA) is 41.6 Å². The van der Waals surface area contributed by atoms with Crippen molar-refractivity contribution in [3.63, 3.8) is 0 Å². The first kappa shape index (κ1) is 22.5. The molecule has 0 spiro atoms. The maximum Gasteiger partial charge on any atom is 0.260 e. The van der Waals surface area contributed by atoms with Gasteiger partial charge in [0.2, 0.25) is 0 Å². The van der Waals surface area contributed by atoms with Crippen LogP contribution in [0.4, 0.5) is 0 Å². The number of hydrogen-bond donors (Lipinski definition) is 1. The van der Waals surface area contributed by atoms with Gasteiger partial charge in [0.25, 0.3) is 5.91 Å². The first-order chi connectivity index (χ1) is 13.2. The lowest BCUT2D eigenvalue weighted by Gasteiger charge is -2.32. The van der Waals surface area contributed by atoms with Gasteiger partial charge in [-0.3, -0.25) is 4.79 Å². The van der Waals surface area contributed by atoms with Gasteiger partial charge in [0.05, 0.1) is 5.02 Å². The van der Waals surface area contributed by atoms with Gasteiger partial charge in [-0.15, -0.1) is 12.4 Å². The van der Waals surface area contributed by atoms with Crippen LogP contribution in [-0.4, -0.2) is 43.6 Å². The van der Waals surface area contributed by atoms with Gasteiger partial charge in [0, 0.05) is 13.1 Å². The van der Waals surface area contributed by atoms with Gasteiger partial charge >= 0.3 is 0 Å². The third kappa shape index (κ3) is 6.13. The number of rotatable bonds is 7. The zero-order valence-corrected chi connectivity index (χ0v) is 17.8. The SMILES string of the molecule is CCNCC1CCN(C(=O)COc2ccc(-c3ccccc3)cc2Cl)CC1.Cl. The molecule has 1 heterocycles. The zero-order chi connectivity index (χ0) is 19.1. The standard InChI is InChI=1S/C22H27ClN2O2.ClH/c1-2-24-15-17-10-12-25(13-11-17)22(26)16-27-21-9-8-19(14-20(21)23)18-6-4-3-5-7-18;/h3-9,14,17,24H,2,10-13,15-16H2,1H3;1H. The molecule has 1 saturated heterocycles. The average molecular weight is 423 g/mol. The van der Waals surface area contributed by atoms with Crippen LogP contribution in [0.15, 0.2) is 48.5 Å². The highest BCUT2D eigenvalue weighted by Gasteiger charge is 2.22. The molecule has 6 heteroatoms. The molecule has 0 bridgehead atoms. The Hall–Kier alpha value is -1.75. The summed E-state index contributed by atoms with van der Waals surface area (Å²) >= 11 is 6.36. The van der Waals surface area contributed by atoms with Crippen LogP contribution in [0.5, 0.6) is 5.75 Å². The van der Waals surface area contributed by atoms with E-state index in [0.29, 0.717) is 16.7 Å². The van der Waals surface area contributed by atoms with E-state index in [-0.39, 0.29) is 24.9 Å². The largest absolute Gasteiger partial charge is 0.482 e. The Bertz CT molecular complexity index is 747. The molecular weight excluding hydrogens is 395 g/mol. The normalized spacial score (nSPS) is 14.4. The van der Waals surface area contributed by atoms with Crippen molar-refractivity contribution >= 4 is 29.9 Å². The second-order valence-electron chi connectivity index (χ2n) is 6.93. The number of hydrogen-bond acceptors (Lipinski definition) is 3. The average Bonchev–Trinajstić information content (AvgIpc) is 2.72. The zero-order valence-electron chi connectivity index (χ0n) is 16.2. The summed E-state index contributed by atoms with van der Waals surface area (Å²) in [5.41, 5.74) is 2.13. The van der Waals surface area contributed by atoms with Crippen LogP contribution in [0.25, 0.3) is 11.1 Å². The van der Waals surface area contributed by atoms with Gasteiger partial charge in [-0.25, -0.2) is 0 Å². The van der Waals surface area contributed by atoms with Gasteiger partial charge in [0.15, 0.2) is 6.61 Å². The number of carbonyl (C=O) groups is 1. The molecule has 0 saturated carbocycles. The molecule has 1 amide bonds. The Labute approximate surface area is 178 Å². The molecule has 0 unspecified atom stereocenters. The van der Waals surface area contributed by atoms with Crippen LogP contribution in [0.2, 0.25) is 5.02 Å². The van der Waals surface area contributed by atoms with Crippen LogP contribution in [-0.2, 0) is 4.79 Å². The van der Waals surface area contributed by atoms with Crippen LogP contribution in [0, 0.1) is 5.92 Å². The number of amides is 1. The van der Waals surface area contributed by atoms with Gasteiger partial charge in [-0.05, 0) is 55.1 Å². The van der Waals surface area contributed by atoms with Crippen molar-refractivity contribution in [1.29, 1.82) is 0 Å². The van der Waals surface area contributed by atoms with E-state index in [1.807, 2.05) is 53.4 Å². The molecule has 1 N–H and O–H groups in total. The van der Waals surface area contributed by atoms with Gasteiger partial charge in [0.1, 0.15) is 5.75 Å². The molecular formula is C22H28Cl2N2O2. The summed E-state index contributed by atoms with van der Waals surface area (Å²) in [6.45, 7) is 5.79. The quantitative estimate of drug-likeness (QED) is 0.705.